The zero-order chi connectivity index (χ0) is 18.7. The molecule has 0 aliphatic heterocycles. The van der Waals surface area contributed by atoms with Crippen molar-refractivity contribution in [2.45, 2.75) is 20.4 Å². The summed E-state index contributed by atoms with van der Waals surface area (Å²) in [6, 6.07) is 13.2. The number of fused-ring (bicyclic) bond motifs is 1. The Morgan fingerprint density at radius 1 is 1.12 bits per heavy atom. The van der Waals surface area contributed by atoms with Gasteiger partial charge in [0.2, 0.25) is 0 Å². The highest BCUT2D eigenvalue weighted by molar-refractivity contribution is 6.32. The number of nitrogens with zero attached hydrogens (tertiary/aromatic N) is 1. The molecule has 0 aliphatic rings. The van der Waals surface area contributed by atoms with E-state index in [0.29, 0.717) is 23.8 Å². The maximum atomic E-state index is 11.9. The minimum atomic E-state index is -0.348. The lowest BCUT2D eigenvalue weighted by atomic mass is 10.1. The summed E-state index contributed by atoms with van der Waals surface area (Å²) in [5.41, 5.74) is 3.13. The molecule has 0 saturated heterocycles. The molecule has 0 bridgehead atoms. The summed E-state index contributed by atoms with van der Waals surface area (Å²) < 4.78 is 11.2. The van der Waals surface area contributed by atoms with E-state index in [1.807, 2.05) is 57.3 Å². The van der Waals surface area contributed by atoms with Gasteiger partial charge in [-0.1, -0.05) is 29.8 Å². The third-order valence-electron chi connectivity index (χ3n) is 4.37. The molecular weight excluding hydrogens is 350 g/mol. The van der Waals surface area contributed by atoms with Gasteiger partial charge in [0.1, 0.15) is 17.9 Å². The van der Waals surface area contributed by atoms with Crippen LogP contribution in [0.4, 0.5) is 0 Å². The summed E-state index contributed by atoms with van der Waals surface area (Å²) >= 11 is 6.25. The fourth-order valence-electron chi connectivity index (χ4n) is 2.88. The first-order chi connectivity index (χ1) is 12.4. The smallest absolute Gasteiger partial charge is 0.336 e. The van der Waals surface area contributed by atoms with Crippen molar-refractivity contribution in [3.63, 3.8) is 0 Å². The average Bonchev–Trinajstić information content (AvgIpc) is 2.58. The standard InChI is InChI=1S/C21H22ClNO3/c1-14-6-4-5-7-19(14)25-9-8-23(3)13-16-11-21(24)26-20-10-15(2)18(22)12-17(16)20/h4-7,10-12H,8-9,13H2,1-3H3. The van der Waals surface area contributed by atoms with Gasteiger partial charge < -0.3 is 9.15 Å². The molecular formula is C21H22ClNO3. The maximum absolute atomic E-state index is 11.9. The maximum Gasteiger partial charge on any atom is 0.336 e. The van der Waals surface area contributed by atoms with Gasteiger partial charge in [0.25, 0.3) is 0 Å². The quantitative estimate of drug-likeness (QED) is 0.595. The van der Waals surface area contributed by atoms with Crippen molar-refractivity contribution < 1.29 is 9.15 Å². The second-order valence-corrected chi connectivity index (χ2v) is 6.95. The van der Waals surface area contributed by atoms with Crippen LogP contribution in [0.15, 0.2) is 51.7 Å². The molecule has 0 unspecified atom stereocenters. The highest BCUT2D eigenvalue weighted by atomic mass is 35.5. The number of aryl methyl sites for hydroxylation is 2. The molecule has 0 radical (unpaired) electrons. The highest BCUT2D eigenvalue weighted by Crippen LogP contribution is 2.25. The number of hydrogen-bond acceptors (Lipinski definition) is 4. The average molecular weight is 372 g/mol. The highest BCUT2D eigenvalue weighted by Gasteiger charge is 2.11. The van der Waals surface area contributed by atoms with Gasteiger partial charge >= 0.3 is 5.63 Å². The Balaban J connectivity index is 1.71. The first-order valence-corrected chi connectivity index (χ1v) is 8.91. The molecule has 5 heteroatoms. The zero-order valence-corrected chi connectivity index (χ0v) is 16.0. The zero-order valence-electron chi connectivity index (χ0n) is 15.2. The fraction of sp³-hybridized carbons (Fsp3) is 0.286. The largest absolute Gasteiger partial charge is 0.492 e. The van der Waals surface area contributed by atoms with Gasteiger partial charge in [-0.05, 0) is 55.8 Å². The normalized spacial score (nSPS) is 11.3. The molecule has 0 atom stereocenters. The van der Waals surface area contributed by atoms with E-state index in [1.165, 1.54) is 6.07 Å². The van der Waals surface area contributed by atoms with Crippen LogP contribution in [0.25, 0.3) is 11.0 Å². The van der Waals surface area contributed by atoms with E-state index in [9.17, 15) is 4.79 Å². The van der Waals surface area contributed by atoms with Crippen molar-refractivity contribution in [1.82, 2.24) is 4.90 Å². The Morgan fingerprint density at radius 2 is 1.88 bits per heavy atom. The van der Waals surface area contributed by atoms with Crippen LogP contribution >= 0.6 is 11.6 Å². The molecule has 1 aromatic heterocycles. The van der Waals surface area contributed by atoms with E-state index in [0.717, 1.165) is 34.4 Å². The summed E-state index contributed by atoms with van der Waals surface area (Å²) in [7, 11) is 2.00. The van der Waals surface area contributed by atoms with Gasteiger partial charge in [0, 0.05) is 29.6 Å². The van der Waals surface area contributed by atoms with E-state index in [2.05, 4.69) is 4.90 Å². The van der Waals surface area contributed by atoms with E-state index < -0.39 is 0 Å². The molecule has 136 valence electrons. The Labute approximate surface area is 158 Å². The van der Waals surface area contributed by atoms with E-state index in [1.54, 1.807) is 0 Å². The SMILES string of the molecule is Cc1cc2oc(=O)cc(CN(C)CCOc3ccccc3C)c2cc1Cl. The van der Waals surface area contributed by atoms with Crippen LogP contribution in [-0.4, -0.2) is 25.1 Å². The third-order valence-corrected chi connectivity index (χ3v) is 4.78. The molecule has 0 amide bonds. The third kappa shape index (κ3) is 4.26. The van der Waals surface area contributed by atoms with Gasteiger partial charge in [0.15, 0.2) is 0 Å². The number of hydrogen-bond donors (Lipinski definition) is 0. The lowest BCUT2D eigenvalue weighted by molar-refractivity contribution is 0.232. The van der Waals surface area contributed by atoms with Gasteiger partial charge in [0.05, 0.1) is 0 Å². The van der Waals surface area contributed by atoms with Crippen molar-refractivity contribution in [3.8, 4) is 5.75 Å². The Bertz CT molecular complexity index is 981. The molecule has 2 aromatic carbocycles. The van der Waals surface area contributed by atoms with Crippen molar-refractivity contribution >= 4 is 22.6 Å². The van der Waals surface area contributed by atoms with E-state index in [4.69, 9.17) is 20.8 Å². The van der Waals surface area contributed by atoms with Crippen LogP contribution in [-0.2, 0) is 6.54 Å². The van der Waals surface area contributed by atoms with Crippen LogP contribution in [0, 0.1) is 13.8 Å². The van der Waals surface area contributed by atoms with Gasteiger partial charge in [-0.15, -0.1) is 0 Å². The second kappa shape index (κ2) is 7.94. The number of ether oxygens (including phenoxy) is 1. The molecule has 0 N–H and O–H groups in total. The van der Waals surface area contributed by atoms with E-state index in [-0.39, 0.29) is 5.63 Å². The van der Waals surface area contributed by atoms with Gasteiger partial charge in [-0.2, -0.15) is 0 Å². The summed E-state index contributed by atoms with van der Waals surface area (Å²) in [6.45, 7) is 5.83. The van der Waals surface area contributed by atoms with E-state index >= 15 is 0 Å². The van der Waals surface area contributed by atoms with Crippen LogP contribution < -0.4 is 10.4 Å². The predicted molar refractivity (Wildman–Crippen MR) is 105 cm³/mol. The Morgan fingerprint density at radius 3 is 2.65 bits per heavy atom. The van der Waals surface area contributed by atoms with Gasteiger partial charge in [-0.25, -0.2) is 4.79 Å². The molecule has 3 aromatic rings. The number of likely N-dealkylation sites (N-methyl/N-ethyl adjacent to an activating group) is 1. The molecule has 1 heterocycles. The minimum Gasteiger partial charge on any atom is -0.492 e. The lowest BCUT2D eigenvalue weighted by Gasteiger charge is -2.18. The van der Waals surface area contributed by atoms with Crippen LogP contribution in [0.1, 0.15) is 16.7 Å². The Kier molecular flexibility index (Phi) is 5.64. The number of para-hydroxylation sites is 1. The number of halogens is 1. The Hall–Kier alpha value is -2.30. The molecule has 26 heavy (non-hydrogen) atoms. The van der Waals surface area contributed by atoms with Crippen molar-refractivity contribution in [2.75, 3.05) is 20.2 Å². The summed E-state index contributed by atoms with van der Waals surface area (Å²) in [6.07, 6.45) is 0. The van der Waals surface area contributed by atoms with Crippen molar-refractivity contribution in [1.29, 1.82) is 0 Å². The number of rotatable bonds is 6. The topological polar surface area (TPSA) is 42.7 Å². The minimum absolute atomic E-state index is 0.348. The molecule has 0 aliphatic carbocycles. The molecule has 0 saturated carbocycles. The molecule has 4 nitrogen and oxygen atoms in total. The van der Waals surface area contributed by atoms with Crippen LogP contribution in [0.3, 0.4) is 0 Å². The lowest BCUT2D eigenvalue weighted by Crippen LogP contribution is -2.24. The molecule has 0 spiro atoms. The fourth-order valence-corrected chi connectivity index (χ4v) is 3.04. The van der Waals surface area contributed by atoms with Crippen molar-refractivity contribution in [2.24, 2.45) is 0 Å². The summed E-state index contributed by atoms with van der Waals surface area (Å²) in [5, 5.41) is 1.53. The summed E-state index contributed by atoms with van der Waals surface area (Å²) in [4.78, 5) is 14.0. The monoisotopic (exact) mass is 371 g/mol. The first-order valence-electron chi connectivity index (χ1n) is 8.54. The first kappa shape index (κ1) is 18.5. The predicted octanol–water partition coefficient (Wildman–Crippen LogP) is 4.57. The van der Waals surface area contributed by atoms with Crippen LogP contribution in [0.5, 0.6) is 5.75 Å². The summed E-state index contributed by atoms with van der Waals surface area (Å²) in [5.74, 6) is 0.897. The molecule has 3 rings (SSSR count). The van der Waals surface area contributed by atoms with Crippen LogP contribution in [0.2, 0.25) is 5.02 Å². The molecule has 0 fully saturated rings. The van der Waals surface area contributed by atoms with Gasteiger partial charge in [-0.3, -0.25) is 4.90 Å². The van der Waals surface area contributed by atoms with Crippen molar-refractivity contribution in [3.05, 3.63) is 74.6 Å². The number of benzene rings is 2. The second-order valence-electron chi connectivity index (χ2n) is 6.54.